The van der Waals surface area contributed by atoms with Crippen molar-refractivity contribution in [3.63, 3.8) is 0 Å². The summed E-state index contributed by atoms with van der Waals surface area (Å²) in [6, 6.07) is 0. The minimum atomic E-state index is -4.87. The van der Waals surface area contributed by atoms with E-state index in [4.69, 9.17) is 4.55 Å². The fourth-order valence-corrected chi connectivity index (χ4v) is 1.99. The summed E-state index contributed by atoms with van der Waals surface area (Å²) >= 11 is -0.307. The van der Waals surface area contributed by atoms with Crippen LogP contribution in [0.2, 0.25) is 0 Å². The SMILES string of the molecule is O=S(=O)(O)c1sc(F)c(F)c1F. The summed E-state index contributed by atoms with van der Waals surface area (Å²) in [5.74, 6) is -3.78. The molecule has 0 saturated carbocycles. The number of hydrogen-bond donors (Lipinski definition) is 1. The van der Waals surface area contributed by atoms with E-state index in [1.54, 1.807) is 0 Å². The van der Waals surface area contributed by atoms with Gasteiger partial charge in [-0.1, -0.05) is 11.3 Å². The minimum Gasteiger partial charge on any atom is -0.281 e. The van der Waals surface area contributed by atoms with Crippen molar-refractivity contribution in [2.75, 3.05) is 0 Å². The summed E-state index contributed by atoms with van der Waals surface area (Å²) in [6.45, 7) is 0. The molecule has 0 saturated heterocycles. The second-order valence-corrected chi connectivity index (χ2v) is 4.35. The molecular weight excluding hydrogens is 217 g/mol. The maximum Gasteiger partial charge on any atom is 0.307 e. The van der Waals surface area contributed by atoms with Gasteiger partial charge in [-0.2, -0.15) is 17.2 Å². The van der Waals surface area contributed by atoms with E-state index >= 15 is 0 Å². The van der Waals surface area contributed by atoms with Crippen LogP contribution in [-0.2, 0) is 10.1 Å². The first-order valence-corrected chi connectivity index (χ1v) is 4.70. The van der Waals surface area contributed by atoms with E-state index in [0.29, 0.717) is 0 Å². The second-order valence-electron chi connectivity index (χ2n) is 1.77. The molecule has 0 aromatic carbocycles. The summed E-state index contributed by atoms with van der Waals surface area (Å²) in [4.78, 5) is 0. The Morgan fingerprint density at radius 2 is 1.67 bits per heavy atom. The van der Waals surface area contributed by atoms with Gasteiger partial charge < -0.3 is 0 Å². The lowest BCUT2D eigenvalue weighted by molar-refractivity contribution is 0.446. The van der Waals surface area contributed by atoms with E-state index in [1.165, 1.54) is 0 Å². The molecule has 1 rings (SSSR count). The predicted molar refractivity (Wildman–Crippen MR) is 34.0 cm³/mol. The van der Waals surface area contributed by atoms with Crippen LogP contribution in [0.25, 0.3) is 0 Å². The number of hydrogen-bond acceptors (Lipinski definition) is 3. The molecule has 12 heavy (non-hydrogen) atoms. The molecule has 0 fully saturated rings. The smallest absolute Gasteiger partial charge is 0.281 e. The van der Waals surface area contributed by atoms with Gasteiger partial charge in [-0.3, -0.25) is 4.55 Å². The van der Waals surface area contributed by atoms with Crippen LogP contribution in [-0.4, -0.2) is 13.0 Å². The summed E-state index contributed by atoms with van der Waals surface area (Å²) in [6.07, 6.45) is 0. The summed E-state index contributed by atoms with van der Waals surface area (Å²) in [5.41, 5.74) is 0. The summed E-state index contributed by atoms with van der Waals surface area (Å²) in [7, 11) is -4.87. The van der Waals surface area contributed by atoms with Crippen LogP contribution < -0.4 is 0 Å². The van der Waals surface area contributed by atoms with E-state index in [9.17, 15) is 21.6 Å². The Morgan fingerprint density at radius 1 is 1.17 bits per heavy atom. The standard InChI is InChI=1S/C4HF3O3S2/c5-1-2(6)4(11-3(1)7)12(8,9)10/h(H,8,9,10). The summed E-state index contributed by atoms with van der Waals surface area (Å²) in [5, 5.41) is -1.61. The van der Waals surface area contributed by atoms with Crippen LogP contribution in [0, 0.1) is 16.8 Å². The highest BCUT2D eigenvalue weighted by atomic mass is 32.3. The Kier molecular flexibility index (Phi) is 2.15. The van der Waals surface area contributed by atoms with E-state index in [2.05, 4.69) is 0 Å². The summed E-state index contributed by atoms with van der Waals surface area (Å²) < 4.78 is 64.0. The Balaban J connectivity index is 3.48. The fourth-order valence-electron chi connectivity index (χ4n) is 0.513. The first kappa shape index (κ1) is 9.49. The van der Waals surface area contributed by atoms with Crippen molar-refractivity contribution in [3.05, 3.63) is 16.8 Å². The molecule has 68 valence electrons. The molecule has 1 heterocycles. The average Bonchev–Trinajstić information content (AvgIpc) is 2.15. The number of halogens is 3. The third-order valence-electron chi connectivity index (χ3n) is 0.961. The van der Waals surface area contributed by atoms with Crippen molar-refractivity contribution in [1.82, 2.24) is 0 Å². The van der Waals surface area contributed by atoms with Gasteiger partial charge in [-0.15, -0.1) is 0 Å². The first-order valence-electron chi connectivity index (χ1n) is 2.45. The molecule has 0 radical (unpaired) electrons. The average molecular weight is 218 g/mol. The highest BCUT2D eigenvalue weighted by molar-refractivity contribution is 7.88. The first-order chi connectivity index (χ1) is 5.34. The third-order valence-corrected chi connectivity index (χ3v) is 3.21. The second kappa shape index (κ2) is 2.71. The predicted octanol–water partition coefficient (Wildman–Crippen LogP) is 1.41. The van der Waals surface area contributed by atoms with Gasteiger partial charge in [0.05, 0.1) is 0 Å². The molecule has 1 aromatic heterocycles. The van der Waals surface area contributed by atoms with Crippen molar-refractivity contribution in [1.29, 1.82) is 0 Å². The van der Waals surface area contributed by atoms with Gasteiger partial charge in [-0.25, -0.2) is 4.39 Å². The molecule has 3 nitrogen and oxygen atoms in total. The molecule has 0 aliphatic rings. The number of rotatable bonds is 1. The molecule has 0 aliphatic carbocycles. The van der Waals surface area contributed by atoms with Crippen LogP contribution in [0.3, 0.4) is 0 Å². The zero-order chi connectivity index (χ0) is 9.52. The molecular formula is C4HF3O3S2. The molecule has 1 N–H and O–H groups in total. The van der Waals surface area contributed by atoms with Crippen molar-refractivity contribution < 1.29 is 26.1 Å². The number of thiophene rings is 1. The zero-order valence-electron chi connectivity index (χ0n) is 5.21. The molecule has 1 aromatic rings. The molecule has 0 aliphatic heterocycles. The maximum absolute atomic E-state index is 12.4. The highest BCUT2D eigenvalue weighted by Crippen LogP contribution is 2.27. The van der Waals surface area contributed by atoms with Crippen molar-refractivity contribution in [2.45, 2.75) is 4.21 Å². The van der Waals surface area contributed by atoms with E-state index in [0.717, 1.165) is 0 Å². The lowest BCUT2D eigenvalue weighted by atomic mass is 10.6. The lowest BCUT2D eigenvalue weighted by Crippen LogP contribution is -1.97. The zero-order valence-corrected chi connectivity index (χ0v) is 6.85. The highest BCUT2D eigenvalue weighted by Gasteiger charge is 2.26. The van der Waals surface area contributed by atoms with Crippen LogP contribution in [0.1, 0.15) is 0 Å². The van der Waals surface area contributed by atoms with Crippen LogP contribution in [0.15, 0.2) is 4.21 Å². The molecule has 8 heteroatoms. The van der Waals surface area contributed by atoms with E-state index < -0.39 is 31.1 Å². The molecule has 0 unspecified atom stereocenters. The van der Waals surface area contributed by atoms with Gasteiger partial charge in [0.1, 0.15) is 0 Å². The van der Waals surface area contributed by atoms with Crippen molar-refractivity contribution >= 4 is 21.5 Å². The van der Waals surface area contributed by atoms with E-state index in [1.807, 2.05) is 0 Å². The Hall–Kier alpha value is -0.600. The lowest BCUT2D eigenvalue weighted by Gasteiger charge is -1.87. The monoisotopic (exact) mass is 218 g/mol. The van der Waals surface area contributed by atoms with Crippen molar-refractivity contribution in [3.8, 4) is 0 Å². The topological polar surface area (TPSA) is 54.4 Å². The van der Waals surface area contributed by atoms with Crippen LogP contribution >= 0.6 is 11.3 Å². The normalized spacial score (nSPS) is 12.0. The molecule has 0 bridgehead atoms. The maximum atomic E-state index is 12.4. The Bertz CT molecular complexity index is 407. The molecule has 0 amide bonds. The van der Waals surface area contributed by atoms with Crippen LogP contribution in [0.5, 0.6) is 0 Å². The minimum absolute atomic E-state index is 0.307. The largest absolute Gasteiger partial charge is 0.307 e. The van der Waals surface area contributed by atoms with Gasteiger partial charge in [0, 0.05) is 0 Å². The van der Waals surface area contributed by atoms with Gasteiger partial charge in [0.15, 0.2) is 10.0 Å². The van der Waals surface area contributed by atoms with Crippen LogP contribution in [0.4, 0.5) is 13.2 Å². The molecule has 0 atom stereocenters. The third kappa shape index (κ3) is 1.45. The fraction of sp³-hybridized carbons (Fsp3) is 0. The van der Waals surface area contributed by atoms with Gasteiger partial charge in [0.25, 0.3) is 0 Å². The Morgan fingerprint density at radius 3 is 1.83 bits per heavy atom. The van der Waals surface area contributed by atoms with E-state index in [-0.39, 0.29) is 11.3 Å². The van der Waals surface area contributed by atoms with Gasteiger partial charge in [-0.05, 0) is 0 Å². The van der Waals surface area contributed by atoms with Gasteiger partial charge >= 0.3 is 10.1 Å². The Labute approximate surface area is 69.2 Å². The quantitative estimate of drug-likeness (QED) is 0.725. The van der Waals surface area contributed by atoms with Crippen molar-refractivity contribution in [2.24, 2.45) is 0 Å². The van der Waals surface area contributed by atoms with Gasteiger partial charge in [0.2, 0.25) is 10.9 Å². The molecule has 0 spiro atoms.